The molecule has 2 aromatic rings. The standard InChI is InChI=1S/C18H21FO2/c1-18(2,3)14-7-5-6-8-16(14)21-12-13-9-10-17(20-4)15(19)11-13/h5-11H,12H2,1-4H3. The molecule has 0 aromatic heterocycles. The highest BCUT2D eigenvalue weighted by Gasteiger charge is 2.18. The van der Waals surface area contributed by atoms with Crippen LogP contribution in [0, 0.1) is 5.82 Å². The summed E-state index contributed by atoms with van der Waals surface area (Å²) in [5, 5.41) is 0. The Hall–Kier alpha value is -2.03. The molecule has 0 heterocycles. The van der Waals surface area contributed by atoms with Gasteiger partial charge in [0.15, 0.2) is 11.6 Å². The van der Waals surface area contributed by atoms with Crippen molar-refractivity contribution in [1.29, 1.82) is 0 Å². The second-order valence-electron chi connectivity index (χ2n) is 6.00. The average Bonchev–Trinajstić information content (AvgIpc) is 2.44. The van der Waals surface area contributed by atoms with Gasteiger partial charge in [0.05, 0.1) is 7.11 Å². The zero-order valence-corrected chi connectivity index (χ0v) is 12.9. The highest BCUT2D eigenvalue weighted by Crippen LogP contribution is 2.31. The zero-order valence-electron chi connectivity index (χ0n) is 12.9. The molecule has 2 nitrogen and oxygen atoms in total. The quantitative estimate of drug-likeness (QED) is 0.811. The predicted molar refractivity (Wildman–Crippen MR) is 82.4 cm³/mol. The van der Waals surface area contributed by atoms with Gasteiger partial charge in [-0.25, -0.2) is 4.39 Å². The van der Waals surface area contributed by atoms with E-state index in [1.54, 1.807) is 6.07 Å². The van der Waals surface area contributed by atoms with Crippen LogP contribution in [0.15, 0.2) is 42.5 Å². The smallest absolute Gasteiger partial charge is 0.165 e. The first-order chi connectivity index (χ1) is 9.91. The number of hydrogen-bond acceptors (Lipinski definition) is 2. The molecule has 0 N–H and O–H groups in total. The van der Waals surface area contributed by atoms with Crippen molar-refractivity contribution in [3.63, 3.8) is 0 Å². The molecule has 0 saturated carbocycles. The lowest BCUT2D eigenvalue weighted by Crippen LogP contribution is -2.13. The van der Waals surface area contributed by atoms with Gasteiger partial charge in [0, 0.05) is 0 Å². The number of methoxy groups -OCH3 is 1. The van der Waals surface area contributed by atoms with E-state index in [4.69, 9.17) is 9.47 Å². The van der Waals surface area contributed by atoms with Crippen molar-refractivity contribution in [1.82, 2.24) is 0 Å². The maximum Gasteiger partial charge on any atom is 0.165 e. The van der Waals surface area contributed by atoms with Crippen LogP contribution in [0.25, 0.3) is 0 Å². The number of rotatable bonds is 4. The minimum atomic E-state index is -0.372. The van der Waals surface area contributed by atoms with Gasteiger partial charge in [0.1, 0.15) is 12.4 Å². The summed E-state index contributed by atoms with van der Waals surface area (Å²) in [7, 11) is 1.45. The normalized spacial score (nSPS) is 11.3. The van der Waals surface area contributed by atoms with Crippen molar-refractivity contribution >= 4 is 0 Å². The van der Waals surface area contributed by atoms with Crippen molar-refractivity contribution in [2.75, 3.05) is 7.11 Å². The third-order valence-corrected chi connectivity index (χ3v) is 3.31. The number of para-hydroxylation sites is 1. The van der Waals surface area contributed by atoms with Gasteiger partial charge in [0.25, 0.3) is 0 Å². The van der Waals surface area contributed by atoms with Crippen LogP contribution in [0.5, 0.6) is 11.5 Å². The molecule has 21 heavy (non-hydrogen) atoms. The van der Waals surface area contributed by atoms with Crippen LogP contribution in [0.4, 0.5) is 4.39 Å². The molecule has 0 aliphatic rings. The number of benzene rings is 2. The van der Waals surface area contributed by atoms with E-state index in [0.717, 1.165) is 16.9 Å². The van der Waals surface area contributed by atoms with Crippen LogP contribution in [-0.4, -0.2) is 7.11 Å². The lowest BCUT2D eigenvalue weighted by molar-refractivity contribution is 0.296. The molecule has 0 radical (unpaired) electrons. The second-order valence-corrected chi connectivity index (χ2v) is 6.00. The third-order valence-electron chi connectivity index (χ3n) is 3.31. The Morgan fingerprint density at radius 2 is 1.71 bits per heavy atom. The van der Waals surface area contributed by atoms with Crippen molar-refractivity contribution in [3.8, 4) is 11.5 Å². The van der Waals surface area contributed by atoms with E-state index < -0.39 is 0 Å². The molecular weight excluding hydrogens is 267 g/mol. The largest absolute Gasteiger partial charge is 0.494 e. The zero-order chi connectivity index (χ0) is 15.5. The van der Waals surface area contributed by atoms with Gasteiger partial charge >= 0.3 is 0 Å². The fraction of sp³-hybridized carbons (Fsp3) is 0.333. The van der Waals surface area contributed by atoms with Crippen LogP contribution < -0.4 is 9.47 Å². The fourth-order valence-corrected chi connectivity index (χ4v) is 2.17. The minimum absolute atomic E-state index is 0.00174. The summed E-state index contributed by atoms with van der Waals surface area (Å²) in [6.45, 7) is 6.75. The number of ether oxygens (including phenoxy) is 2. The van der Waals surface area contributed by atoms with Gasteiger partial charge in [-0.2, -0.15) is 0 Å². The van der Waals surface area contributed by atoms with E-state index in [2.05, 4.69) is 26.8 Å². The Bertz CT molecular complexity index is 615. The maximum atomic E-state index is 13.7. The third kappa shape index (κ3) is 3.75. The van der Waals surface area contributed by atoms with E-state index in [1.165, 1.54) is 13.2 Å². The van der Waals surface area contributed by atoms with Crippen molar-refractivity contribution in [3.05, 3.63) is 59.4 Å². The van der Waals surface area contributed by atoms with Gasteiger partial charge < -0.3 is 9.47 Å². The summed E-state index contributed by atoms with van der Waals surface area (Å²) in [5.74, 6) is 0.706. The first-order valence-electron chi connectivity index (χ1n) is 6.96. The highest BCUT2D eigenvalue weighted by molar-refractivity contribution is 5.38. The summed E-state index contributed by atoms with van der Waals surface area (Å²) in [5.41, 5.74) is 1.91. The summed E-state index contributed by atoms with van der Waals surface area (Å²) in [6.07, 6.45) is 0. The molecular formula is C18H21FO2. The molecule has 0 atom stereocenters. The van der Waals surface area contributed by atoms with Crippen LogP contribution in [0.1, 0.15) is 31.9 Å². The van der Waals surface area contributed by atoms with Crippen molar-refractivity contribution in [2.24, 2.45) is 0 Å². The fourth-order valence-electron chi connectivity index (χ4n) is 2.17. The molecule has 0 unspecified atom stereocenters. The molecule has 0 amide bonds. The Morgan fingerprint density at radius 1 is 1.00 bits per heavy atom. The van der Waals surface area contributed by atoms with E-state index >= 15 is 0 Å². The van der Waals surface area contributed by atoms with E-state index in [1.807, 2.05) is 24.3 Å². The van der Waals surface area contributed by atoms with E-state index in [-0.39, 0.29) is 17.0 Å². The Kier molecular flexibility index (Phi) is 4.51. The monoisotopic (exact) mass is 288 g/mol. The lowest BCUT2D eigenvalue weighted by Gasteiger charge is -2.22. The number of hydrogen-bond donors (Lipinski definition) is 0. The topological polar surface area (TPSA) is 18.5 Å². The van der Waals surface area contributed by atoms with Crippen LogP contribution >= 0.6 is 0 Å². The molecule has 0 saturated heterocycles. The molecule has 112 valence electrons. The minimum Gasteiger partial charge on any atom is -0.494 e. The Labute approximate surface area is 125 Å². The van der Waals surface area contributed by atoms with Crippen LogP contribution in [-0.2, 0) is 12.0 Å². The van der Waals surface area contributed by atoms with Crippen molar-refractivity contribution < 1.29 is 13.9 Å². The van der Waals surface area contributed by atoms with Gasteiger partial charge in [0.2, 0.25) is 0 Å². The molecule has 0 aliphatic carbocycles. The van der Waals surface area contributed by atoms with Gasteiger partial charge in [-0.05, 0) is 34.7 Å². The van der Waals surface area contributed by atoms with E-state index in [0.29, 0.717) is 6.61 Å². The maximum absolute atomic E-state index is 13.7. The summed E-state index contributed by atoms with van der Waals surface area (Å²) >= 11 is 0. The molecule has 3 heteroatoms. The molecule has 0 aliphatic heterocycles. The molecule has 0 fully saturated rings. The van der Waals surface area contributed by atoms with Crippen LogP contribution in [0.3, 0.4) is 0 Å². The van der Waals surface area contributed by atoms with E-state index in [9.17, 15) is 4.39 Å². The highest BCUT2D eigenvalue weighted by atomic mass is 19.1. The van der Waals surface area contributed by atoms with Gasteiger partial charge in [-0.15, -0.1) is 0 Å². The Morgan fingerprint density at radius 3 is 2.33 bits per heavy atom. The van der Waals surface area contributed by atoms with Crippen LogP contribution in [0.2, 0.25) is 0 Å². The SMILES string of the molecule is COc1ccc(COc2ccccc2C(C)(C)C)cc1F. The summed E-state index contributed by atoms with van der Waals surface area (Å²) in [4.78, 5) is 0. The summed E-state index contributed by atoms with van der Waals surface area (Å²) < 4.78 is 24.4. The molecule has 0 bridgehead atoms. The predicted octanol–water partition coefficient (Wildman–Crippen LogP) is 4.71. The molecule has 2 rings (SSSR count). The number of halogens is 1. The first kappa shape index (κ1) is 15.4. The average molecular weight is 288 g/mol. The van der Waals surface area contributed by atoms with Crippen molar-refractivity contribution in [2.45, 2.75) is 32.8 Å². The van der Waals surface area contributed by atoms with Gasteiger partial charge in [-0.3, -0.25) is 0 Å². The summed E-state index contributed by atoms with van der Waals surface area (Å²) in [6, 6.07) is 12.8. The lowest BCUT2D eigenvalue weighted by atomic mass is 9.86. The molecule has 0 spiro atoms. The van der Waals surface area contributed by atoms with Gasteiger partial charge in [-0.1, -0.05) is 45.0 Å². The molecule has 2 aromatic carbocycles. The first-order valence-corrected chi connectivity index (χ1v) is 6.96. The second kappa shape index (κ2) is 6.17. The Balaban J connectivity index is 2.15.